The van der Waals surface area contributed by atoms with Gasteiger partial charge >= 0.3 is 0 Å². The van der Waals surface area contributed by atoms with Crippen LogP contribution in [0.5, 0.6) is 5.75 Å². The second kappa shape index (κ2) is 7.29. The molecule has 0 saturated heterocycles. The lowest BCUT2D eigenvalue weighted by Gasteiger charge is -2.30. The van der Waals surface area contributed by atoms with Gasteiger partial charge in [-0.2, -0.15) is 0 Å². The molecule has 1 heterocycles. The Hall–Kier alpha value is -3.25. The summed E-state index contributed by atoms with van der Waals surface area (Å²) >= 11 is 0. The number of hydrogen-bond donors (Lipinski definition) is 1. The number of anilines is 1. The molecule has 3 aromatic rings. The second-order valence-corrected chi connectivity index (χ2v) is 9.03. The molecule has 0 saturated carbocycles. The summed E-state index contributed by atoms with van der Waals surface area (Å²) in [5.41, 5.74) is 8.79. The number of allylic oxidation sites excluding steroid dienone is 1. The zero-order valence-electron chi connectivity index (χ0n) is 16.2. The van der Waals surface area contributed by atoms with Crippen molar-refractivity contribution in [1.29, 1.82) is 0 Å². The molecule has 1 unspecified atom stereocenters. The van der Waals surface area contributed by atoms with Gasteiger partial charge in [0, 0.05) is 31.4 Å². The van der Waals surface area contributed by atoms with Gasteiger partial charge in [0.15, 0.2) is 0 Å². The lowest BCUT2D eigenvalue weighted by Crippen LogP contribution is -2.26. The molecule has 29 heavy (non-hydrogen) atoms. The van der Waals surface area contributed by atoms with E-state index >= 15 is 0 Å². The number of rotatable bonds is 4. The minimum atomic E-state index is -3.86. The molecule has 1 aliphatic rings. The second-order valence-electron chi connectivity index (χ2n) is 7.11. The fraction of sp³-hybridized carbons (Fsp3) is 0.130. The fourth-order valence-corrected chi connectivity index (χ4v) is 5.22. The molecule has 1 aliphatic heterocycles. The van der Waals surface area contributed by atoms with E-state index < -0.39 is 15.8 Å². The van der Waals surface area contributed by atoms with Crippen LogP contribution in [-0.4, -0.2) is 22.5 Å². The van der Waals surface area contributed by atoms with E-state index in [4.69, 9.17) is 10.5 Å². The average Bonchev–Trinajstić information content (AvgIpc) is 2.73. The summed E-state index contributed by atoms with van der Waals surface area (Å²) in [7, 11) is 0.00999. The quantitative estimate of drug-likeness (QED) is 0.712. The molecule has 0 aliphatic carbocycles. The van der Waals surface area contributed by atoms with Crippen molar-refractivity contribution < 1.29 is 13.2 Å². The summed E-state index contributed by atoms with van der Waals surface area (Å²) in [6.07, 6.45) is 0. The molecule has 3 aromatic carbocycles. The molecule has 0 aromatic heterocycles. The molecule has 6 heteroatoms. The third-order valence-electron chi connectivity index (χ3n) is 5.03. The van der Waals surface area contributed by atoms with Gasteiger partial charge in [-0.15, -0.1) is 0 Å². The van der Waals surface area contributed by atoms with Gasteiger partial charge in [0.2, 0.25) is 15.7 Å². The summed E-state index contributed by atoms with van der Waals surface area (Å²) in [6, 6.07) is 23.6. The Kier molecular flexibility index (Phi) is 4.80. The summed E-state index contributed by atoms with van der Waals surface area (Å²) in [6.45, 7) is 0. The van der Waals surface area contributed by atoms with Gasteiger partial charge in [-0.25, -0.2) is 8.42 Å². The van der Waals surface area contributed by atoms with Gasteiger partial charge in [0.05, 0.1) is 10.8 Å². The molecular formula is C23H22N2O3S. The minimum Gasteiger partial charge on any atom is -0.440 e. The van der Waals surface area contributed by atoms with E-state index in [2.05, 4.69) is 0 Å². The van der Waals surface area contributed by atoms with Crippen LogP contribution in [0.4, 0.5) is 5.69 Å². The predicted molar refractivity (Wildman–Crippen MR) is 115 cm³/mol. The maximum absolute atomic E-state index is 13.5. The molecule has 1 atom stereocenters. The van der Waals surface area contributed by atoms with Gasteiger partial charge < -0.3 is 15.4 Å². The molecule has 5 nitrogen and oxygen atoms in total. The van der Waals surface area contributed by atoms with Gasteiger partial charge in [-0.05, 0) is 23.8 Å². The molecule has 4 rings (SSSR count). The van der Waals surface area contributed by atoms with Crippen LogP contribution in [0, 0.1) is 0 Å². The van der Waals surface area contributed by atoms with Crippen molar-refractivity contribution in [2.75, 3.05) is 19.0 Å². The fourth-order valence-electron chi connectivity index (χ4n) is 3.57. The first-order valence-electron chi connectivity index (χ1n) is 9.23. The monoisotopic (exact) mass is 406 g/mol. The first-order chi connectivity index (χ1) is 13.9. The SMILES string of the molecule is CN(C)c1ccc2c(c1)OC(N)=C(S(=O)(=O)c1ccccc1)C2c1ccccc1. The largest absolute Gasteiger partial charge is 0.440 e. The lowest BCUT2D eigenvalue weighted by molar-refractivity contribution is 0.395. The van der Waals surface area contributed by atoms with Crippen LogP contribution in [0.15, 0.2) is 94.5 Å². The first-order valence-corrected chi connectivity index (χ1v) is 10.7. The van der Waals surface area contributed by atoms with E-state index in [1.54, 1.807) is 30.3 Å². The van der Waals surface area contributed by atoms with Crippen LogP contribution in [0.25, 0.3) is 0 Å². The maximum atomic E-state index is 13.5. The van der Waals surface area contributed by atoms with Crippen LogP contribution in [0.3, 0.4) is 0 Å². The third-order valence-corrected chi connectivity index (χ3v) is 6.93. The van der Waals surface area contributed by atoms with Crippen LogP contribution in [0.1, 0.15) is 17.0 Å². The Balaban J connectivity index is 1.96. The Morgan fingerprint density at radius 1 is 0.897 bits per heavy atom. The van der Waals surface area contributed by atoms with Crippen molar-refractivity contribution in [1.82, 2.24) is 0 Å². The Bertz CT molecular complexity index is 1170. The predicted octanol–water partition coefficient (Wildman–Crippen LogP) is 3.88. The number of nitrogens with zero attached hydrogens (tertiary/aromatic N) is 1. The number of fused-ring (bicyclic) bond motifs is 1. The number of benzene rings is 3. The smallest absolute Gasteiger partial charge is 0.208 e. The average molecular weight is 407 g/mol. The Labute approximate surface area is 171 Å². The van der Waals surface area contributed by atoms with Gasteiger partial charge in [-0.1, -0.05) is 54.6 Å². The molecule has 0 bridgehead atoms. The van der Waals surface area contributed by atoms with E-state index in [0.717, 1.165) is 16.8 Å². The highest BCUT2D eigenvalue weighted by atomic mass is 32.2. The van der Waals surface area contributed by atoms with Gasteiger partial charge in [-0.3, -0.25) is 0 Å². The normalized spacial score (nSPS) is 16.1. The first kappa shape index (κ1) is 19.1. The highest BCUT2D eigenvalue weighted by Crippen LogP contribution is 2.46. The summed E-state index contributed by atoms with van der Waals surface area (Å²) in [4.78, 5) is 2.22. The summed E-state index contributed by atoms with van der Waals surface area (Å²) in [5, 5.41) is 0. The molecule has 148 valence electrons. The molecular weight excluding hydrogens is 384 g/mol. The van der Waals surface area contributed by atoms with E-state index in [1.165, 1.54) is 0 Å². The number of ether oxygens (including phenoxy) is 1. The van der Waals surface area contributed by atoms with Crippen LogP contribution in [-0.2, 0) is 9.84 Å². The van der Waals surface area contributed by atoms with E-state index in [9.17, 15) is 8.42 Å². The molecule has 0 spiro atoms. The molecule has 0 fully saturated rings. The maximum Gasteiger partial charge on any atom is 0.208 e. The molecule has 2 N–H and O–H groups in total. The van der Waals surface area contributed by atoms with Crippen molar-refractivity contribution in [3.8, 4) is 5.75 Å². The van der Waals surface area contributed by atoms with E-state index in [1.807, 2.05) is 67.5 Å². The van der Waals surface area contributed by atoms with Gasteiger partial charge in [0.25, 0.3) is 0 Å². The number of hydrogen-bond acceptors (Lipinski definition) is 5. The number of sulfone groups is 1. The highest BCUT2D eigenvalue weighted by Gasteiger charge is 2.38. The van der Waals surface area contributed by atoms with Crippen molar-refractivity contribution in [3.05, 3.63) is 101 Å². The minimum absolute atomic E-state index is 0.0694. The number of nitrogens with two attached hydrogens (primary N) is 1. The third kappa shape index (κ3) is 3.36. The topological polar surface area (TPSA) is 72.6 Å². The van der Waals surface area contributed by atoms with Crippen LogP contribution < -0.4 is 15.4 Å². The lowest BCUT2D eigenvalue weighted by atomic mass is 9.88. The zero-order chi connectivity index (χ0) is 20.6. The van der Waals surface area contributed by atoms with E-state index in [0.29, 0.717) is 5.75 Å². The summed E-state index contributed by atoms with van der Waals surface area (Å²) < 4.78 is 32.9. The van der Waals surface area contributed by atoms with Gasteiger partial charge in [0.1, 0.15) is 10.7 Å². The van der Waals surface area contributed by atoms with Crippen LogP contribution >= 0.6 is 0 Å². The highest BCUT2D eigenvalue weighted by molar-refractivity contribution is 7.95. The van der Waals surface area contributed by atoms with Crippen molar-refractivity contribution in [2.45, 2.75) is 10.8 Å². The van der Waals surface area contributed by atoms with E-state index in [-0.39, 0.29) is 15.7 Å². The Morgan fingerprint density at radius 3 is 2.14 bits per heavy atom. The standard InChI is InChI=1S/C23H22N2O3S/c1-25(2)17-13-14-19-20(15-17)28-23(24)22(21(19)16-9-5-3-6-10-16)29(26,27)18-11-7-4-8-12-18/h3-15,21H,24H2,1-2H3. The van der Waals surface area contributed by atoms with Crippen molar-refractivity contribution in [2.24, 2.45) is 5.73 Å². The molecule has 0 amide bonds. The van der Waals surface area contributed by atoms with Crippen molar-refractivity contribution in [3.63, 3.8) is 0 Å². The molecule has 0 radical (unpaired) electrons. The van der Waals surface area contributed by atoms with Crippen LogP contribution in [0.2, 0.25) is 0 Å². The summed E-state index contributed by atoms with van der Waals surface area (Å²) in [5.74, 6) is -0.0814. The zero-order valence-corrected chi connectivity index (χ0v) is 17.1. The van der Waals surface area contributed by atoms with Crippen molar-refractivity contribution >= 4 is 15.5 Å². The Morgan fingerprint density at radius 2 is 1.52 bits per heavy atom.